The zero-order valence-electron chi connectivity index (χ0n) is 17.2. The molecule has 1 amide bonds. The molecule has 31 heavy (non-hydrogen) atoms. The lowest BCUT2D eigenvalue weighted by atomic mass is 9.78. The molecule has 0 bridgehead atoms. The molecule has 0 spiro atoms. The smallest absolute Gasteiger partial charge is 0.325 e. The number of rotatable bonds is 7. The van der Waals surface area contributed by atoms with Gasteiger partial charge >= 0.3 is 11.7 Å². The van der Waals surface area contributed by atoms with Crippen molar-refractivity contribution in [2.24, 2.45) is 5.41 Å². The molecule has 2 aromatic rings. The number of carbonyl (C=O) groups is 3. The van der Waals surface area contributed by atoms with Gasteiger partial charge in [0.15, 0.2) is 17.5 Å². The van der Waals surface area contributed by atoms with Gasteiger partial charge in [0.25, 0.3) is 11.5 Å². The fourth-order valence-electron chi connectivity index (χ4n) is 3.15. The zero-order chi connectivity index (χ0) is 22.8. The molecule has 0 aliphatic heterocycles. The number of ether oxygens (including phenoxy) is 1. The number of carbonyl (C=O) groups excluding carboxylic acids is 3. The number of hydrogen-bond donors (Lipinski definition) is 3. The molecule has 0 fully saturated rings. The summed E-state index contributed by atoms with van der Waals surface area (Å²) < 4.78 is 4.94. The monoisotopic (exact) mass is 466 g/mol. The fraction of sp³-hybridized carbons (Fsp3) is 0.474. The molecule has 0 unspecified atom stereocenters. The number of Topliss-reactive ketones (excluding diaryl/α,β-unsaturated/α-hetero) is 1. The molecule has 166 valence electrons. The molecule has 0 saturated heterocycles. The number of nitrogens with one attached hydrogen (secondary N) is 3. The Morgan fingerprint density at radius 1 is 1.23 bits per heavy atom. The molecule has 0 atom stereocenters. The number of thioether (sulfide) groups is 1. The number of amides is 1. The van der Waals surface area contributed by atoms with E-state index in [0.29, 0.717) is 39.8 Å². The van der Waals surface area contributed by atoms with E-state index in [1.807, 2.05) is 13.8 Å². The number of aromatic amines is 2. The molecule has 12 heteroatoms. The Morgan fingerprint density at radius 3 is 2.68 bits per heavy atom. The summed E-state index contributed by atoms with van der Waals surface area (Å²) in [5.74, 6) is -1.02. The first-order valence-corrected chi connectivity index (χ1v) is 11.4. The lowest BCUT2D eigenvalue weighted by molar-refractivity contribution is -0.144. The Morgan fingerprint density at radius 2 is 1.97 bits per heavy atom. The summed E-state index contributed by atoms with van der Waals surface area (Å²) in [5, 5.41) is 2.86. The summed E-state index contributed by atoms with van der Waals surface area (Å²) in [4.78, 5) is 68.6. The topological polar surface area (TPSA) is 151 Å². The number of thiazole rings is 1. The number of aromatic nitrogens is 3. The third-order valence-corrected chi connectivity index (χ3v) is 6.55. The van der Waals surface area contributed by atoms with Crippen LogP contribution in [0.4, 0.5) is 5.13 Å². The van der Waals surface area contributed by atoms with E-state index in [2.05, 4.69) is 20.3 Å². The van der Waals surface area contributed by atoms with Gasteiger partial charge < -0.3 is 9.72 Å². The molecule has 0 radical (unpaired) electrons. The lowest BCUT2D eigenvalue weighted by Gasteiger charge is -2.26. The van der Waals surface area contributed by atoms with Crippen LogP contribution in [-0.4, -0.2) is 45.0 Å². The highest BCUT2D eigenvalue weighted by molar-refractivity contribution is 7.99. The van der Waals surface area contributed by atoms with Crippen molar-refractivity contribution in [2.45, 2.75) is 39.4 Å². The van der Waals surface area contributed by atoms with Crippen molar-refractivity contribution in [1.29, 1.82) is 0 Å². The van der Waals surface area contributed by atoms with Gasteiger partial charge in [-0.15, -0.1) is 11.8 Å². The maximum atomic E-state index is 12.2. The van der Waals surface area contributed by atoms with Crippen molar-refractivity contribution in [2.75, 3.05) is 17.7 Å². The number of nitrogens with zero attached hydrogens (tertiary/aromatic N) is 1. The van der Waals surface area contributed by atoms with Crippen LogP contribution in [0.3, 0.4) is 0 Å². The van der Waals surface area contributed by atoms with Gasteiger partial charge in [0.05, 0.1) is 16.3 Å². The van der Waals surface area contributed by atoms with Crippen LogP contribution in [-0.2, 0) is 26.5 Å². The highest BCUT2D eigenvalue weighted by Gasteiger charge is 2.34. The minimum absolute atomic E-state index is 0.0178. The Labute approximate surface area is 185 Å². The molecule has 2 aromatic heterocycles. The summed E-state index contributed by atoms with van der Waals surface area (Å²) in [7, 11) is 0. The van der Waals surface area contributed by atoms with Crippen molar-refractivity contribution in [3.05, 3.63) is 42.7 Å². The van der Waals surface area contributed by atoms with Crippen LogP contribution in [0.5, 0.6) is 0 Å². The molecule has 3 N–H and O–H groups in total. The summed E-state index contributed by atoms with van der Waals surface area (Å²) in [6.07, 6.45) is 1.10. The summed E-state index contributed by atoms with van der Waals surface area (Å²) in [5.41, 5.74) is 0.223. The van der Waals surface area contributed by atoms with E-state index >= 15 is 0 Å². The molecule has 2 heterocycles. The van der Waals surface area contributed by atoms with Crippen LogP contribution >= 0.6 is 23.1 Å². The van der Waals surface area contributed by atoms with E-state index < -0.39 is 29.7 Å². The third-order valence-electron chi connectivity index (χ3n) is 4.57. The van der Waals surface area contributed by atoms with Gasteiger partial charge in [0.1, 0.15) is 0 Å². The normalized spacial score (nSPS) is 14.7. The number of esters is 1. The van der Waals surface area contributed by atoms with Crippen LogP contribution in [0.2, 0.25) is 0 Å². The first-order chi connectivity index (χ1) is 14.5. The second-order valence-corrected chi connectivity index (χ2v) is 9.93. The van der Waals surface area contributed by atoms with Crippen LogP contribution < -0.4 is 16.6 Å². The Hall–Kier alpha value is -2.73. The number of hydrogen-bond acceptors (Lipinski definition) is 9. The van der Waals surface area contributed by atoms with Crippen LogP contribution in [0, 0.1) is 12.3 Å². The molecule has 0 saturated carbocycles. The van der Waals surface area contributed by atoms with Crippen molar-refractivity contribution in [1.82, 2.24) is 15.0 Å². The average molecular weight is 467 g/mol. The number of ketones is 1. The van der Waals surface area contributed by atoms with Crippen molar-refractivity contribution in [3.8, 4) is 0 Å². The Balaban J connectivity index is 1.45. The molecule has 1 aliphatic carbocycles. The SMILES string of the molecule is Cc1[nH]c(=O)[nH]c(=O)c1CSCC(=O)OCC(=O)Nc1nc2c(s1)C(=O)CC(C)(C)C2. The van der Waals surface area contributed by atoms with Gasteiger partial charge in [-0.1, -0.05) is 25.2 Å². The fourth-order valence-corrected chi connectivity index (χ4v) is 4.99. The van der Waals surface area contributed by atoms with Crippen molar-refractivity contribution >= 4 is 45.9 Å². The van der Waals surface area contributed by atoms with E-state index in [1.165, 1.54) is 0 Å². The molecule has 0 aromatic carbocycles. The second kappa shape index (κ2) is 9.18. The Kier molecular flexibility index (Phi) is 6.80. The number of anilines is 1. The first kappa shape index (κ1) is 22.9. The van der Waals surface area contributed by atoms with E-state index in [-0.39, 0.29) is 22.7 Å². The first-order valence-electron chi connectivity index (χ1n) is 9.42. The van der Waals surface area contributed by atoms with Gasteiger partial charge in [-0.2, -0.15) is 0 Å². The summed E-state index contributed by atoms with van der Waals surface area (Å²) >= 11 is 2.25. The second-order valence-electron chi connectivity index (χ2n) is 7.95. The highest BCUT2D eigenvalue weighted by atomic mass is 32.2. The molecule has 1 aliphatic rings. The molecular formula is C19H22N4O6S2. The van der Waals surface area contributed by atoms with E-state index in [9.17, 15) is 24.0 Å². The van der Waals surface area contributed by atoms with Gasteiger partial charge in [-0.3, -0.25) is 29.5 Å². The average Bonchev–Trinajstić information content (AvgIpc) is 3.03. The minimum Gasteiger partial charge on any atom is -0.455 e. The maximum Gasteiger partial charge on any atom is 0.325 e. The molecule has 3 rings (SSSR count). The van der Waals surface area contributed by atoms with Gasteiger partial charge in [-0.05, 0) is 18.8 Å². The van der Waals surface area contributed by atoms with Crippen LogP contribution in [0.25, 0.3) is 0 Å². The predicted octanol–water partition coefficient (Wildman–Crippen LogP) is 1.40. The van der Waals surface area contributed by atoms with Gasteiger partial charge in [0, 0.05) is 23.4 Å². The quantitative estimate of drug-likeness (QED) is 0.518. The maximum absolute atomic E-state index is 12.2. The summed E-state index contributed by atoms with van der Waals surface area (Å²) in [6.45, 7) is 5.11. The standard InChI is InChI=1S/C19H22N4O6S2/c1-9-10(16(27)23-17(28)20-9)7-30-8-14(26)29-6-13(25)22-18-21-11-4-19(2,3)5-12(24)15(11)31-18/h4-8H2,1-3H3,(H,21,22,25)(H2,20,23,27,28). The number of H-pyrrole nitrogens is 2. The molecular weight excluding hydrogens is 444 g/mol. The van der Waals surface area contributed by atoms with Gasteiger partial charge in [0.2, 0.25) is 0 Å². The number of fused-ring (bicyclic) bond motifs is 1. The summed E-state index contributed by atoms with van der Waals surface area (Å²) in [6, 6.07) is 0. The van der Waals surface area contributed by atoms with Gasteiger partial charge in [-0.25, -0.2) is 9.78 Å². The van der Waals surface area contributed by atoms with Crippen LogP contribution in [0.15, 0.2) is 9.59 Å². The number of aryl methyl sites for hydroxylation is 1. The highest BCUT2D eigenvalue weighted by Crippen LogP contribution is 2.38. The third kappa shape index (κ3) is 5.91. The predicted molar refractivity (Wildman–Crippen MR) is 117 cm³/mol. The minimum atomic E-state index is -0.617. The zero-order valence-corrected chi connectivity index (χ0v) is 18.9. The van der Waals surface area contributed by atoms with Crippen LogP contribution in [0.1, 0.15) is 46.9 Å². The molecule has 10 nitrogen and oxygen atoms in total. The van der Waals surface area contributed by atoms with E-state index in [4.69, 9.17) is 4.74 Å². The Bertz CT molecular complexity index is 1150. The van der Waals surface area contributed by atoms with Crippen molar-refractivity contribution < 1.29 is 19.1 Å². The van der Waals surface area contributed by atoms with E-state index in [1.54, 1.807) is 6.92 Å². The van der Waals surface area contributed by atoms with Crippen molar-refractivity contribution in [3.63, 3.8) is 0 Å². The largest absolute Gasteiger partial charge is 0.455 e. The lowest BCUT2D eigenvalue weighted by Crippen LogP contribution is -2.26. The van der Waals surface area contributed by atoms with E-state index in [0.717, 1.165) is 23.1 Å².